The van der Waals surface area contributed by atoms with E-state index in [2.05, 4.69) is 29.3 Å². The zero-order valence-electron chi connectivity index (χ0n) is 15.6. The minimum absolute atomic E-state index is 0. The van der Waals surface area contributed by atoms with Crippen LogP contribution in [0.2, 0.25) is 0 Å². The fourth-order valence-electron chi connectivity index (χ4n) is 3.23. The van der Waals surface area contributed by atoms with Gasteiger partial charge < -0.3 is 10.4 Å². The Bertz CT molecular complexity index is 582. The Hall–Kier alpha value is -1.15. The molecule has 1 atom stereocenters. The quantitative estimate of drug-likeness (QED) is 0.696. The molecule has 26 heavy (non-hydrogen) atoms. The van der Waals surface area contributed by atoms with Gasteiger partial charge in [-0.1, -0.05) is 6.92 Å². The maximum absolute atomic E-state index is 12.2. The van der Waals surface area contributed by atoms with Gasteiger partial charge in [0.2, 0.25) is 5.91 Å². The van der Waals surface area contributed by atoms with Crippen LogP contribution < -0.4 is 5.32 Å². The molecule has 1 unspecified atom stereocenters. The van der Waals surface area contributed by atoms with Crippen molar-refractivity contribution in [3.05, 3.63) is 21.9 Å². The second-order valence-corrected chi connectivity index (χ2v) is 7.92. The number of carbonyl (C=O) groups excluding carboxylic acids is 1. The fourth-order valence-corrected chi connectivity index (χ4v) is 4.13. The second kappa shape index (κ2) is 11.5. The largest absolute Gasteiger partial charge is 0.480 e. The standard InChI is InChI=1S/C18H29N3O3S.ClH/c1-3-15-6-7-16(25-15)11-19-17(22)12-21-9-4-5-14(8-10-21)20(2)13-18(23)24;/h6-7,14H,3-5,8-13H2,1-2H3,(H,19,22)(H,23,24);1H. The molecule has 8 heteroatoms. The molecule has 0 aromatic carbocycles. The zero-order chi connectivity index (χ0) is 18.2. The van der Waals surface area contributed by atoms with E-state index < -0.39 is 5.97 Å². The number of aliphatic carboxylic acids is 1. The number of rotatable bonds is 8. The van der Waals surface area contributed by atoms with Gasteiger partial charge in [-0.2, -0.15) is 0 Å². The number of likely N-dealkylation sites (N-methyl/N-ethyl adjacent to an activating group) is 1. The van der Waals surface area contributed by atoms with E-state index in [4.69, 9.17) is 5.11 Å². The Morgan fingerprint density at radius 1 is 1.31 bits per heavy atom. The minimum atomic E-state index is -0.789. The van der Waals surface area contributed by atoms with Gasteiger partial charge in [0.15, 0.2) is 0 Å². The summed E-state index contributed by atoms with van der Waals surface area (Å²) in [6.07, 6.45) is 3.91. The topological polar surface area (TPSA) is 72.9 Å². The van der Waals surface area contributed by atoms with Gasteiger partial charge in [0.25, 0.3) is 0 Å². The first-order valence-electron chi connectivity index (χ1n) is 8.96. The van der Waals surface area contributed by atoms with Crippen LogP contribution in [0.25, 0.3) is 0 Å². The van der Waals surface area contributed by atoms with Crippen molar-refractivity contribution in [3.63, 3.8) is 0 Å². The first kappa shape index (κ1) is 22.9. The summed E-state index contributed by atoms with van der Waals surface area (Å²) in [6.45, 7) is 4.95. The fraction of sp³-hybridized carbons (Fsp3) is 0.667. The van der Waals surface area contributed by atoms with E-state index in [1.165, 1.54) is 9.75 Å². The number of hydrogen-bond donors (Lipinski definition) is 2. The van der Waals surface area contributed by atoms with Crippen molar-refractivity contribution in [1.82, 2.24) is 15.1 Å². The molecule has 1 aliphatic heterocycles. The summed E-state index contributed by atoms with van der Waals surface area (Å²) in [7, 11) is 1.87. The molecule has 6 nitrogen and oxygen atoms in total. The summed E-state index contributed by atoms with van der Waals surface area (Å²) < 4.78 is 0. The Labute approximate surface area is 166 Å². The molecule has 0 bridgehead atoms. The Morgan fingerprint density at radius 2 is 2.04 bits per heavy atom. The molecule has 0 spiro atoms. The van der Waals surface area contributed by atoms with Crippen molar-refractivity contribution in [3.8, 4) is 0 Å². The second-order valence-electron chi connectivity index (χ2n) is 6.67. The molecule has 0 saturated carbocycles. The van der Waals surface area contributed by atoms with Gasteiger partial charge in [-0.25, -0.2) is 0 Å². The molecular weight excluding hydrogens is 374 g/mol. The van der Waals surface area contributed by atoms with E-state index >= 15 is 0 Å². The Morgan fingerprint density at radius 3 is 2.69 bits per heavy atom. The van der Waals surface area contributed by atoms with Gasteiger partial charge in [-0.3, -0.25) is 19.4 Å². The number of aryl methyl sites for hydroxylation is 1. The van der Waals surface area contributed by atoms with E-state index in [-0.39, 0.29) is 30.9 Å². The van der Waals surface area contributed by atoms with Crippen molar-refractivity contribution in [2.45, 2.75) is 45.2 Å². The van der Waals surface area contributed by atoms with Crippen LogP contribution in [0.3, 0.4) is 0 Å². The minimum Gasteiger partial charge on any atom is -0.480 e. The first-order chi connectivity index (χ1) is 12.0. The number of nitrogens with one attached hydrogen (secondary N) is 1. The van der Waals surface area contributed by atoms with Gasteiger partial charge >= 0.3 is 5.97 Å². The lowest BCUT2D eigenvalue weighted by molar-refractivity contribution is -0.138. The number of carbonyl (C=O) groups is 2. The maximum atomic E-state index is 12.2. The summed E-state index contributed by atoms with van der Waals surface area (Å²) in [5.41, 5.74) is 0. The van der Waals surface area contributed by atoms with Crippen molar-refractivity contribution in [1.29, 1.82) is 0 Å². The highest BCUT2D eigenvalue weighted by Crippen LogP contribution is 2.17. The van der Waals surface area contributed by atoms with Crippen LogP contribution in [-0.2, 0) is 22.6 Å². The summed E-state index contributed by atoms with van der Waals surface area (Å²) in [5.74, 6) is -0.730. The van der Waals surface area contributed by atoms with Crippen molar-refractivity contribution in [2.24, 2.45) is 0 Å². The Kier molecular flexibility index (Phi) is 10.2. The van der Waals surface area contributed by atoms with Crippen LogP contribution in [0, 0.1) is 0 Å². The monoisotopic (exact) mass is 403 g/mol. The molecular formula is C18H30ClN3O3S. The molecule has 0 radical (unpaired) electrons. The third-order valence-electron chi connectivity index (χ3n) is 4.69. The third-order valence-corrected chi connectivity index (χ3v) is 5.92. The van der Waals surface area contributed by atoms with Gasteiger partial charge in [0, 0.05) is 22.3 Å². The predicted molar refractivity (Wildman–Crippen MR) is 107 cm³/mol. The van der Waals surface area contributed by atoms with Gasteiger partial charge in [-0.05, 0) is 51.4 Å². The molecule has 1 aromatic rings. The van der Waals surface area contributed by atoms with Crippen LogP contribution in [0.15, 0.2) is 12.1 Å². The molecule has 2 heterocycles. The molecule has 2 N–H and O–H groups in total. The Balaban J connectivity index is 0.00000338. The highest BCUT2D eigenvalue weighted by molar-refractivity contribution is 7.11. The molecule has 2 rings (SSSR count). The highest BCUT2D eigenvalue weighted by atomic mass is 35.5. The molecule has 1 saturated heterocycles. The third kappa shape index (κ3) is 7.61. The van der Waals surface area contributed by atoms with E-state index in [1.54, 1.807) is 11.3 Å². The van der Waals surface area contributed by atoms with Crippen LogP contribution in [-0.4, -0.2) is 66.1 Å². The van der Waals surface area contributed by atoms with Crippen molar-refractivity contribution in [2.75, 3.05) is 33.2 Å². The number of carboxylic acids is 1. The summed E-state index contributed by atoms with van der Waals surface area (Å²) in [5, 5.41) is 11.9. The summed E-state index contributed by atoms with van der Waals surface area (Å²) in [6, 6.07) is 4.48. The smallest absolute Gasteiger partial charge is 0.317 e. The van der Waals surface area contributed by atoms with Crippen LogP contribution in [0.1, 0.15) is 35.9 Å². The lowest BCUT2D eigenvalue weighted by atomic mass is 10.1. The lowest BCUT2D eigenvalue weighted by Gasteiger charge is -2.25. The summed E-state index contributed by atoms with van der Waals surface area (Å²) >= 11 is 1.75. The van der Waals surface area contributed by atoms with Crippen molar-refractivity contribution >= 4 is 35.6 Å². The predicted octanol–water partition coefficient (Wildman–Crippen LogP) is 2.22. The average molecular weight is 404 g/mol. The molecule has 1 fully saturated rings. The van der Waals surface area contributed by atoms with E-state index in [9.17, 15) is 9.59 Å². The highest BCUT2D eigenvalue weighted by Gasteiger charge is 2.22. The number of thiophene rings is 1. The van der Waals surface area contributed by atoms with Gasteiger partial charge in [0.1, 0.15) is 0 Å². The van der Waals surface area contributed by atoms with Crippen molar-refractivity contribution < 1.29 is 14.7 Å². The van der Waals surface area contributed by atoms with Gasteiger partial charge in [0.05, 0.1) is 19.6 Å². The molecule has 148 valence electrons. The molecule has 0 aliphatic carbocycles. The van der Waals surface area contributed by atoms with E-state index in [0.717, 1.165) is 38.8 Å². The van der Waals surface area contributed by atoms with Crippen LogP contribution in [0.5, 0.6) is 0 Å². The lowest BCUT2D eigenvalue weighted by Crippen LogP contribution is -2.39. The SMILES string of the molecule is CCc1ccc(CNC(=O)CN2CCCC(N(C)CC(=O)O)CC2)s1.Cl. The molecule has 1 aromatic heterocycles. The molecule has 1 amide bonds. The first-order valence-corrected chi connectivity index (χ1v) is 9.78. The van der Waals surface area contributed by atoms with Gasteiger partial charge in [-0.15, -0.1) is 23.7 Å². The number of halogens is 1. The normalized spacial score (nSPS) is 18.2. The number of carboxylic acid groups (broad SMARTS) is 1. The van der Waals surface area contributed by atoms with Crippen LogP contribution >= 0.6 is 23.7 Å². The number of amides is 1. The van der Waals surface area contributed by atoms with E-state index in [0.29, 0.717) is 13.1 Å². The molecule has 1 aliphatic rings. The average Bonchev–Trinajstić information content (AvgIpc) is 2.90. The number of hydrogen-bond acceptors (Lipinski definition) is 5. The van der Waals surface area contributed by atoms with Crippen LogP contribution in [0.4, 0.5) is 0 Å². The zero-order valence-corrected chi connectivity index (χ0v) is 17.2. The van der Waals surface area contributed by atoms with E-state index in [1.807, 2.05) is 11.9 Å². The number of likely N-dealkylation sites (tertiary alicyclic amines) is 1. The maximum Gasteiger partial charge on any atom is 0.317 e. The number of nitrogens with zero attached hydrogens (tertiary/aromatic N) is 2. The summed E-state index contributed by atoms with van der Waals surface area (Å²) in [4.78, 5) is 29.7.